The van der Waals surface area contributed by atoms with Gasteiger partial charge in [-0.1, -0.05) is 19.7 Å². The monoisotopic (exact) mass is 179 g/mol. The highest BCUT2D eigenvalue weighted by Gasteiger charge is 2.37. The Labute approximate surface area is 75.8 Å². The topological polar surface area (TPSA) is 57.1 Å². The van der Waals surface area contributed by atoms with Gasteiger partial charge in [0.2, 0.25) is 0 Å². The van der Waals surface area contributed by atoms with Gasteiger partial charge in [0.1, 0.15) is 0 Å². The van der Waals surface area contributed by atoms with Crippen LogP contribution < -0.4 is 4.90 Å². The highest BCUT2D eigenvalue weighted by Crippen LogP contribution is 1.91. The zero-order valence-corrected chi connectivity index (χ0v) is 7.03. The van der Waals surface area contributed by atoms with Crippen molar-refractivity contribution in [2.45, 2.75) is 0 Å². The Morgan fingerprint density at radius 2 is 1.00 bits per heavy atom. The molecule has 0 aliphatic rings. The van der Waals surface area contributed by atoms with E-state index >= 15 is 0 Å². The molecule has 0 aromatic carbocycles. The lowest BCUT2D eigenvalue weighted by molar-refractivity contribution is -0.139. The molecule has 4 heteroatoms. The number of imide groups is 3. The first-order valence-corrected chi connectivity index (χ1v) is 3.37. The summed E-state index contributed by atoms with van der Waals surface area (Å²) in [6, 6.07) is 0. The van der Waals surface area contributed by atoms with Crippen LogP contribution in [0, 0.1) is 0 Å². The molecule has 4 nitrogen and oxygen atoms in total. The van der Waals surface area contributed by atoms with Crippen LogP contribution in [0.1, 0.15) is 0 Å². The molecule has 67 valence electrons. The molecule has 0 aromatic rings. The number of carbonyl (C=O) groups excluding carboxylic acids is 3. The first kappa shape index (κ1) is 11.2. The first-order chi connectivity index (χ1) is 6.08. The summed E-state index contributed by atoms with van der Waals surface area (Å²) >= 11 is 0. The van der Waals surface area contributed by atoms with E-state index in [1.807, 2.05) is 0 Å². The fraction of sp³-hybridized carbons (Fsp3) is 0. The third kappa shape index (κ3) is 2.61. The zero-order valence-electron chi connectivity index (χ0n) is 7.03. The van der Waals surface area contributed by atoms with Crippen LogP contribution in [0.15, 0.2) is 38.0 Å². The molecule has 0 unspecified atom stereocenters. The maximum Gasteiger partial charge on any atom is 0.402 e. The first-order valence-electron chi connectivity index (χ1n) is 3.37. The highest BCUT2D eigenvalue weighted by atomic mass is 16.2. The average molecular weight is 179 g/mol. The Balaban J connectivity index is 4.95. The van der Waals surface area contributed by atoms with Crippen molar-refractivity contribution in [2.24, 2.45) is 0 Å². The second kappa shape index (κ2) is 4.95. The average Bonchev–Trinajstić information content (AvgIpc) is 2.16. The number of amides is 3. The van der Waals surface area contributed by atoms with E-state index in [2.05, 4.69) is 19.7 Å². The van der Waals surface area contributed by atoms with Gasteiger partial charge in [0.05, 0.1) is 4.90 Å². The van der Waals surface area contributed by atoms with E-state index in [0.717, 1.165) is 18.2 Å². The number of rotatable bonds is 3. The number of nitrogens with zero attached hydrogens (tertiary/aromatic N) is 1. The van der Waals surface area contributed by atoms with Crippen molar-refractivity contribution >= 4 is 17.7 Å². The van der Waals surface area contributed by atoms with Crippen molar-refractivity contribution in [3.05, 3.63) is 38.0 Å². The lowest BCUT2D eigenvalue weighted by Crippen LogP contribution is -2.44. The predicted molar refractivity (Wildman–Crippen MR) is 47.7 cm³/mol. The molecule has 13 heavy (non-hydrogen) atoms. The third-order valence-corrected chi connectivity index (χ3v) is 1.19. The van der Waals surface area contributed by atoms with Crippen molar-refractivity contribution in [3.8, 4) is 0 Å². The van der Waals surface area contributed by atoms with Crippen molar-refractivity contribution in [2.75, 3.05) is 0 Å². The summed E-state index contributed by atoms with van der Waals surface area (Å²) in [4.78, 5) is 33.3. The molecule has 0 bridgehead atoms. The van der Waals surface area contributed by atoms with Crippen LogP contribution in [0.3, 0.4) is 0 Å². The molecule has 0 atom stereocenters. The normalized spacial score (nSPS) is 9.00. The van der Waals surface area contributed by atoms with Crippen LogP contribution in [0.2, 0.25) is 0 Å². The summed E-state index contributed by atoms with van der Waals surface area (Å²) in [5.41, 5.74) is 0. The van der Waals surface area contributed by atoms with Gasteiger partial charge in [0, 0.05) is 18.2 Å². The Kier molecular flexibility index (Phi) is 4.26. The minimum atomic E-state index is -0.796. The van der Waals surface area contributed by atoms with E-state index in [1.165, 1.54) is 0 Å². The van der Waals surface area contributed by atoms with Crippen molar-refractivity contribution in [3.63, 3.8) is 0 Å². The molecule has 0 saturated carbocycles. The standard InChI is InChI=1S/C9H9NO3/c1-4-7(11)10(8(12)5-2)9(13)6-3/h4-6H,1-3H2/q+1. The van der Waals surface area contributed by atoms with E-state index in [0.29, 0.717) is 4.90 Å². The Morgan fingerprint density at radius 3 is 1.15 bits per heavy atom. The number of hydrogen-bond donors (Lipinski definition) is 0. The fourth-order valence-electron chi connectivity index (χ4n) is 0.600. The molecule has 0 fully saturated rings. The third-order valence-electron chi connectivity index (χ3n) is 1.19. The Morgan fingerprint density at radius 1 is 0.769 bits per heavy atom. The van der Waals surface area contributed by atoms with E-state index in [1.54, 1.807) is 0 Å². The van der Waals surface area contributed by atoms with Crippen LogP contribution in [0.25, 0.3) is 0 Å². The van der Waals surface area contributed by atoms with Gasteiger partial charge in [-0.15, -0.1) is 0 Å². The molecule has 0 saturated heterocycles. The summed E-state index contributed by atoms with van der Waals surface area (Å²) in [6.45, 7) is 9.45. The van der Waals surface area contributed by atoms with Crippen LogP contribution in [0.5, 0.6) is 0 Å². The number of hydrogen-bond acceptors (Lipinski definition) is 3. The van der Waals surface area contributed by atoms with Crippen LogP contribution in [-0.2, 0) is 14.4 Å². The summed E-state index contributed by atoms with van der Waals surface area (Å²) < 4.78 is 0. The van der Waals surface area contributed by atoms with Gasteiger partial charge in [-0.05, 0) is 0 Å². The smallest absolute Gasteiger partial charge is 0.219 e. The number of carbonyl (C=O) groups is 3. The SMILES string of the molecule is C=CC(=O)[N+](C(=O)C=C)C(=O)C=C. The lowest BCUT2D eigenvalue weighted by Gasteiger charge is -1.96. The van der Waals surface area contributed by atoms with E-state index in [-0.39, 0.29) is 0 Å². The molecule has 0 aromatic heterocycles. The van der Waals surface area contributed by atoms with E-state index in [9.17, 15) is 14.4 Å². The van der Waals surface area contributed by atoms with Crippen LogP contribution in [0.4, 0.5) is 0 Å². The summed E-state index contributed by atoms with van der Waals surface area (Å²) in [5.74, 6) is -2.39. The van der Waals surface area contributed by atoms with Gasteiger partial charge in [0.25, 0.3) is 0 Å². The maximum absolute atomic E-state index is 11.0. The largest absolute Gasteiger partial charge is 0.402 e. The maximum atomic E-state index is 11.0. The van der Waals surface area contributed by atoms with Gasteiger partial charge >= 0.3 is 17.7 Å². The molecular weight excluding hydrogens is 170 g/mol. The second-order valence-corrected chi connectivity index (χ2v) is 1.96. The summed E-state index contributed by atoms with van der Waals surface area (Å²) in [5, 5.41) is 0. The minimum Gasteiger partial charge on any atom is -0.219 e. The summed E-state index contributed by atoms with van der Waals surface area (Å²) in [6.07, 6.45) is 2.59. The van der Waals surface area contributed by atoms with E-state index < -0.39 is 17.7 Å². The predicted octanol–water partition coefficient (Wildman–Crippen LogP) is 0.264. The fourth-order valence-corrected chi connectivity index (χ4v) is 0.600. The van der Waals surface area contributed by atoms with E-state index in [4.69, 9.17) is 0 Å². The molecule has 0 aliphatic carbocycles. The Hall–Kier alpha value is -1.81. The molecule has 0 aliphatic heterocycles. The lowest BCUT2D eigenvalue weighted by atomic mass is 10.4. The van der Waals surface area contributed by atoms with Crippen LogP contribution in [-0.4, -0.2) is 17.7 Å². The highest BCUT2D eigenvalue weighted by molar-refractivity contribution is 6.22. The molecule has 3 amide bonds. The van der Waals surface area contributed by atoms with Crippen LogP contribution >= 0.6 is 0 Å². The van der Waals surface area contributed by atoms with Gasteiger partial charge in [-0.3, -0.25) is 0 Å². The van der Waals surface area contributed by atoms with Crippen molar-refractivity contribution in [1.82, 2.24) is 4.90 Å². The summed E-state index contributed by atoms with van der Waals surface area (Å²) in [7, 11) is 0. The quantitative estimate of drug-likeness (QED) is 0.461. The van der Waals surface area contributed by atoms with Crippen molar-refractivity contribution < 1.29 is 14.4 Å². The molecule has 0 N–H and O–H groups in total. The molecule has 0 spiro atoms. The molecular formula is C9H9NO3+. The van der Waals surface area contributed by atoms with Gasteiger partial charge in [-0.25, -0.2) is 14.4 Å². The molecule has 1 radical (unpaired) electrons. The second-order valence-electron chi connectivity index (χ2n) is 1.96. The minimum absolute atomic E-state index is 0.396. The van der Waals surface area contributed by atoms with Gasteiger partial charge < -0.3 is 0 Å². The van der Waals surface area contributed by atoms with Gasteiger partial charge in [0.15, 0.2) is 0 Å². The zero-order chi connectivity index (χ0) is 10.4. The van der Waals surface area contributed by atoms with Crippen molar-refractivity contribution in [1.29, 1.82) is 0 Å². The molecule has 0 rings (SSSR count). The molecule has 0 heterocycles. The van der Waals surface area contributed by atoms with Gasteiger partial charge in [-0.2, -0.15) is 0 Å². The Bertz CT molecular complexity index is 244.